The summed E-state index contributed by atoms with van der Waals surface area (Å²) in [6.07, 6.45) is -6.66. The molecule has 0 radical (unpaired) electrons. The number of ether oxygens (including phenoxy) is 1. The van der Waals surface area contributed by atoms with Crippen LogP contribution in [-0.4, -0.2) is 59.5 Å². The lowest BCUT2D eigenvalue weighted by Crippen LogP contribution is -2.36. The molecule has 2 heterocycles. The topological polar surface area (TPSA) is 74.2 Å². The third-order valence-electron chi connectivity index (χ3n) is 4.64. The molecular formula is C20H23F4N3O3S. The third-order valence-corrected chi connectivity index (χ3v) is 5.86. The van der Waals surface area contributed by atoms with Crippen molar-refractivity contribution in [2.24, 2.45) is 5.16 Å². The molecule has 1 saturated heterocycles. The number of nitrogens with zero attached hydrogens (tertiary/aromatic N) is 2. The minimum Gasteiger partial charge on any atom is -0.444 e. The number of thiophene rings is 1. The fourth-order valence-electron chi connectivity index (χ4n) is 3.42. The summed E-state index contributed by atoms with van der Waals surface area (Å²) in [7, 11) is 0. The minimum absolute atomic E-state index is 0.00690. The number of rotatable bonds is 4. The van der Waals surface area contributed by atoms with E-state index in [2.05, 4.69) is 10.5 Å². The van der Waals surface area contributed by atoms with E-state index in [1.165, 1.54) is 4.90 Å². The van der Waals surface area contributed by atoms with Crippen LogP contribution in [0.2, 0.25) is 0 Å². The highest BCUT2D eigenvalue weighted by Crippen LogP contribution is 2.39. The maximum atomic E-state index is 14.6. The van der Waals surface area contributed by atoms with Gasteiger partial charge in [-0.1, -0.05) is 17.3 Å². The van der Waals surface area contributed by atoms with Crippen molar-refractivity contribution in [3.05, 3.63) is 28.6 Å². The summed E-state index contributed by atoms with van der Waals surface area (Å²) in [6.45, 7) is 5.06. The first-order chi connectivity index (χ1) is 14.4. The third kappa shape index (κ3) is 5.57. The molecular weight excluding hydrogens is 438 g/mol. The molecule has 0 spiro atoms. The maximum Gasteiger partial charge on any atom is 0.410 e. The van der Waals surface area contributed by atoms with Crippen LogP contribution in [0.5, 0.6) is 0 Å². The van der Waals surface area contributed by atoms with Crippen molar-refractivity contribution < 1.29 is 32.3 Å². The van der Waals surface area contributed by atoms with Gasteiger partial charge in [-0.3, -0.25) is 0 Å². The number of hydrogen-bond donors (Lipinski definition) is 2. The first-order valence-corrected chi connectivity index (χ1v) is 10.4. The van der Waals surface area contributed by atoms with E-state index in [1.54, 1.807) is 39.0 Å². The van der Waals surface area contributed by atoms with Gasteiger partial charge in [0.2, 0.25) is 0 Å². The second kappa shape index (κ2) is 8.52. The Labute approximate surface area is 180 Å². The summed E-state index contributed by atoms with van der Waals surface area (Å²) < 4.78 is 59.6. The zero-order valence-corrected chi connectivity index (χ0v) is 18.0. The van der Waals surface area contributed by atoms with Gasteiger partial charge in [0.05, 0.1) is 40.5 Å². The smallest absolute Gasteiger partial charge is 0.410 e. The number of fused-ring (bicyclic) bond motifs is 1. The molecule has 3 rings (SSSR count). The molecule has 31 heavy (non-hydrogen) atoms. The van der Waals surface area contributed by atoms with Crippen LogP contribution in [0.3, 0.4) is 0 Å². The standard InChI is InChI=1S/C20H23F4N3O3S/c1-19(2,3)30-18(28)27-9-13(21)15(10-27)26-14-6-4-5-11-12(7-20(22,23)24)16(8-25-29)31-17(11)14/h4-6,8,13,15,26,29H,7,9-10H2,1-3H3/b25-8+/t13-,15+/m0/s1. The van der Waals surface area contributed by atoms with Crippen molar-refractivity contribution in [1.29, 1.82) is 0 Å². The van der Waals surface area contributed by atoms with E-state index in [-0.39, 0.29) is 23.5 Å². The van der Waals surface area contributed by atoms with Gasteiger partial charge in [0.25, 0.3) is 0 Å². The number of alkyl halides is 4. The number of amides is 1. The molecule has 1 amide bonds. The quantitative estimate of drug-likeness (QED) is 0.285. The van der Waals surface area contributed by atoms with E-state index < -0.39 is 36.5 Å². The molecule has 2 atom stereocenters. The van der Waals surface area contributed by atoms with Crippen molar-refractivity contribution in [1.82, 2.24) is 4.90 Å². The van der Waals surface area contributed by atoms with Gasteiger partial charge in [-0.15, -0.1) is 11.3 Å². The Bertz CT molecular complexity index is 984. The van der Waals surface area contributed by atoms with Gasteiger partial charge in [-0.25, -0.2) is 9.18 Å². The summed E-state index contributed by atoms with van der Waals surface area (Å²) in [6, 6.07) is 4.01. The molecule has 0 saturated carbocycles. The van der Waals surface area contributed by atoms with Crippen molar-refractivity contribution >= 4 is 39.4 Å². The second-order valence-electron chi connectivity index (χ2n) is 8.32. The average Bonchev–Trinajstić information content (AvgIpc) is 3.15. The normalized spacial score (nSPS) is 20.0. The predicted octanol–water partition coefficient (Wildman–Crippen LogP) is 5.18. The highest BCUT2D eigenvalue weighted by atomic mass is 32.1. The van der Waals surface area contributed by atoms with Crippen LogP contribution in [0, 0.1) is 0 Å². The van der Waals surface area contributed by atoms with Gasteiger partial charge in [0, 0.05) is 6.54 Å². The van der Waals surface area contributed by atoms with Gasteiger partial charge >= 0.3 is 12.3 Å². The van der Waals surface area contributed by atoms with Crippen molar-refractivity contribution in [2.75, 3.05) is 18.4 Å². The number of anilines is 1. The van der Waals surface area contributed by atoms with Crippen molar-refractivity contribution in [2.45, 2.75) is 51.2 Å². The number of oxime groups is 1. The number of likely N-dealkylation sites (tertiary alicyclic amines) is 1. The fraction of sp³-hybridized carbons (Fsp3) is 0.500. The maximum absolute atomic E-state index is 14.6. The lowest BCUT2D eigenvalue weighted by molar-refractivity contribution is -0.126. The first-order valence-electron chi connectivity index (χ1n) is 9.55. The largest absolute Gasteiger partial charge is 0.444 e. The van der Waals surface area contributed by atoms with Gasteiger partial charge in [0.1, 0.15) is 11.8 Å². The second-order valence-corrected chi connectivity index (χ2v) is 9.37. The minimum atomic E-state index is -4.45. The lowest BCUT2D eigenvalue weighted by Gasteiger charge is -2.24. The van der Waals surface area contributed by atoms with E-state index in [1.807, 2.05) is 0 Å². The summed E-state index contributed by atoms with van der Waals surface area (Å²) >= 11 is 1.02. The molecule has 1 aromatic heterocycles. The zero-order valence-electron chi connectivity index (χ0n) is 17.2. The van der Waals surface area contributed by atoms with Crippen LogP contribution in [-0.2, 0) is 11.2 Å². The molecule has 0 aliphatic carbocycles. The van der Waals surface area contributed by atoms with Crippen LogP contribution in [0.25, 0.3) is 10.1 Å². The number of nitrogens with one attached hydrogen (secondary N) is 1. The Hall–Kier alpha value is -2.56. The Kier molecular flexibility index (Phi) is 6.35. The number of benzene rings is 1. The monoisotopic (exact) mass is 461 g/mol. The van der Waals surface area contributed by atoms with Gasteiger partial charge in [-0.05, 0) is 37.8 Å². The number of carbonyl (C=O) groups is 1. The summed E-state index contributed by atoms with van der Waals surface area (Å²) in [4.78, 5) is 13.7. The Morgan fingerprint density at radius 1 is 1.35 bits per heavy atom. The molecule has 2 aromatic rings. The van der Waals surface area contributed by atoms with E-state index in [0.717, 1.165) is 17.6 Å². The number of halogens is 4. The summed E-state index contributed by atoms with van der Waals surface area (Å²) in [5.41, 5.74) is -0.272. The van der Waals surface area contributed by atoms with Crippen molar-refractivity contribution in [3.8, 4) is 0 Å². The number of hydrogen-bond acceptors (Lipinski definition) is 6. The van der Waals surface area contributed by atoms with E-state index in [9.17, 15) is 22.4 Å². The first kappa shape index (κ1) is 23.1. The molecule has 0 unspecified atom stereocenters. The molecule has 2 N–H and O–H groups in total. The van der Waals surface area contributed by atoms with Gasteiger partial charge < -0.3 is 20.2 Å². The average molecular weight is 461 g/mol. The zero-order chi connectivity index (χ0) is 23.0. The Morgan fingerprint density at radius 3 is 2.68 bits per heavy atom. The van der Waals surface area contributed by atoms with Gasteiger partial charge in [0.15, 0.2) is 0 Å². The molecule has 0 bridgehead atoms. The SMILES string of the molecule is CC(C)(C)OC(=O)N1C[C@H](F)[C@H](Nc2cccc3c(CC(F)(F)F)c(/C=N/O)sc23)C1. The van der Waals surface area contributed by atoms with E-state index in [4.69, 9.17) is 9.94 Å². The predicted molar refractivity (Wildman–Crippen MR) is 111 cm³/mol. The Balaban J connectivity index is 1.87. The van der Waals surface area contributed by atoms with E-state index >= 15 is 0 Å². The highest BCUT2D eigenvalue weighted by Gasteiger charge is 2.38. The van der Waals surface area contributed by atoms with E-state index in [0.29, 0.717) is 15.8 Å². The van der Waals surface area contributed by atoms with Crippen LogP contribution in [0.15, 0.2) is 23.4 Å². The summed E-state index contributed by atoms with van der Waals surface area (Å²) in [5.74, 6) is 0. The lowest BCUT2D eigenvalue weighted by atomic mass is 10.1. The molecule has 11 heteroatoms. The van der Waals surface area contributed by atoms with Crippen LogP contribution in [0.4, 0.5) is 28.0 Å². The molecule has 1 aliphatic rings. The molecule has 1 aromatic carbocycles. The molecule has 1 fully saturated rings. The van der Waals surface area contributed by atoms with Crippen molar-refractivity contribution in [3.63, 3.8) is 0 Å². The molecule has 170 valence electrons. The van der Waals surface area contributed by atoms with Crippen LogP contribution < -0.4 is 5.32 Å². The number of carbonyl (C=O) groups excluding carboxylic acids is 1. The highest BCUT2D eigenvalue weighted by molar-refractivity contribution is 7.21. The summed E-state index contributed by atoms with van der Waals surface area (Å²) in [5, 5.41) is 15.1. The molecule has 6 nitrogen and oxygen atoms in total. The fourth-order valence-corrected chi connectivity index (χ4v) is 4.58. The molecule has 1 aliphatic heterocycles. The van der Waals surface area contributed by atoms with Gasteiger partial charge in [-0.2, -0.15) is 13.2 Å². The van der Waals surface area contributed by atoms with Crippen LogP contribution in [0.1, 0.15) is 31.2 Å². The Morgan fingerprint density at radius 2 is 2.06 bits per heavy atom. The van der Waals surface area contributed by atoms with Crippen LogP contribution >= 0.6 is 11.3 Å².